The van der Waals surface area contributed by atoms with Crippen molar-refractivity contribution in [3.63, 3.8) is 0 Å². The molecule has 0 aliphatic carbocycles. The van der Waals surface area contributed by atoms with Crippen LogP contribution in [-0.2, 0) is 0 Å². The third-order valence-electron chi connectivity index (χ3n) is 14.0. The van der Waals surface area contributed by atoms with Gasteiger partial charge in [-0.3, -0.25) is 0 Å². The third kappa shape index (κ3) is 7.23. The summed E-state index contributed by atoms with van der Waals surface area (Å²) in [7, 11) is 0. The van der Waals surface area contributed by atoms with Crippen LogP contribution in [0.5, 0.6) is 0 Å². The summed E-state index contributed by atoms with van der Waals surface area (Å²) < 4.78 is 4.50. The van der Waals surface area contributed by atoms with E-state index in [9.17, 15) is 10.5 Å². The van der Waals surface area contributed by atoms with Gasteiger partial charge in [0.25, 0.3) is 0 Å². The Morgan fingerprint density at radius 3 is 0.771 bits per heavy atom. The molecule has 330 valence electrons. The predicted octanol–water partition coefficient (Wildman–Crippen LogP) is 17.2. The first-order valence-corrected chi connectivity index (χ1v) is 23.8. The van der Waals surface area contributed by atoms with Gasteiger partial charge in [0.2, 0.25) is 0 Å². The largest absolute Gasteiger partial charge is 0.308 e. The molecule has 0 aliphatic rings. The fourth-order valence-corrected chi connectivity index (χ4v) is 10.6. The number of hydrogen-bond donors (Lipinski definition) is 0. The van der Waals surface area contributed by atoms with E-state index in [-0.39, 0.29) is 0 Å². The summed E-state index contributed by atoms with van der Waals surface area (Å²) in [6, 6.07) is 78.6. The highest BCUT2D eigenvalue weighted by Crippen LogP contribution is 2.42. The van der Waals surface area contributed by atoms with Crippen molar-refractivity contribution < 1.29 is 0 Å². The number of nitriles is 2. The van der Waals surface area contributed by atoms with Gasteiger partial charge in [0.1, 0.15) is 12.1 Å². The summed E-state index contributed by atoms with van der Waals surface area (Å²) in [4.78, 5) is 0. The van der Waals surface area contributed by atoms with Crippen LogP contribution in [0.15, 0.2) is 206 Å². The molecule has 4 nitrogen and oxygen atoms in total. The smallest absolute Gasteiger partial charge is 0.101 e. The lowest BCUT2D eigenvalue weighted by molar-refractivity contribution is 1.16. The number of aryl methyl sites for hydroxylation is 4. The first-order valence-electron chi connectivity index (χ1n) is 23.8. The average molecular weight is 895 g/mol. The van der Waals surface area contributed by atoms with Gasteiger partial charge in [-0.25, -0.2) is 0 Å². The third-order valence-corrected chi connectivity index (χ3v) is 14.0. The summed E-state index contributed by atoms with van der Waals surface area (Å²) in [6.07, 6.45) is 0. The molecular formula is C66H46N4. The lowest BCUT2D eigenvalue weighted by atomic mass is 9.99. The molecule has 4 heteroatoms. The van der Waals surface area contributed by atoms with Crippen molar-refractivity contribution in [2.75, 3.05) is 0 Å². The number of nitrogens with zero attached hydrogens (tertiary/aromatic N) is 4. The van der Waals surface area contributed by atoms with Crippen LogP contribution in [0.2, 0.25) is 0 Å². The van der Waals surface area contributed by atoms with Gasteiger partial charge in [-0.2, -0.15) is 10.5 Å². The highest BCUT2D eigenvalue weighted by atomic mass is 15.0. The lowest BCUT2D eigenvalue weighted by Gasteiger charge is -2.15. The fraction of sp³-hybridized carbons (Fsp3) is 0.0606. The normalized spacial score (nSPS) is 11.4. The van der Waals surface area contributed by atoms with E-state index in [1.54, 1.807) is 0 Å². The molecule has 0 amide bonds. The summed E-state index contributed by atoms with van der Waals surface area (Å²) in [5.41, 5.74) is 22.7. The second-order valence-corrected chi connectivity index (χ2v) is 18.8. The van der Waals surface area contributed by atoms with Gasteiger partial charge in [-0.05, 0) is 156 Å². The molecule has 2 aromatic heterocycles. The number of rotatable bonds is 7. The Bertz CT molecular complexity index is 3720. The zero-order valence-corrected chi connectivity index (χ0v) is 39.4. The van der Waals surface area contributed by atoms with Crippen molar-refractivity contribution in [3.05, 3.63) is 240 Å². The Morgan fingerprint density at radius 2 is 0.514 bits per heavy atom. The van der Waals surface area contributed by atoms with Crippen LogP contribution < -0.4 is 0 Å². The van der Waals surface area contributed by atoms with Gasteiger partial charge in [-0.1, -0.05) is 156 Å². The zero-order chi connectivity index (χ0) is 47.6. The molecular weight excluding hydrogens is 849 g/mol. The highest BCUT2D eigenvalue weighted by Gasteiger charge is 2.21. The first-order chi connectivity index (χ1) is 34.2. The quantitative estimate of drug-likeness (QED) is 0.160. The van der Waals surface area contributed by atoms with Crippen LogP contribution in [0.4, 0.5) is 0 Å². The van der Waals surface area contributed by atoms with E-state index in [1.807, 2.05) is 24.3 Å². The molecule has 10 aromatic carbocycles. The van der Waals surface area contributed by atoms with E-state index in [4.69, 9.17) is 0 Å². The molecule has 0 spiro atoms. The topological polar surface area (TPSA) is 57.4 Å². The van der Waals surface area contributed by atoms with Crippen molar-refractivity contribution in [2.24, 2.45) is 0 Å². The van der Waals surface area contributed by atoms with Crippen molar-refractivity contribution in [1.82, 2.24) is 9.13 Å². The molecule has 0 saturated heterocycles. The molecule has 0 radical (unpaired) electrons. The van der Waals surface area contributed by atoms with Gasteiger partial charge in [0, 0.05) is 21.5 Å². The summed E-state index contributed by atoms with van der Waals surface area (Å²) in [6.45, 7) is 8.51. The molecule has 0 bridgehead atoms. The SMILES string of the molecule is Cc1cccc(-c2ccc3c(c2)c2cc(-c4cccc(C)c4)ccc2n3-c2cc(-c3ccc(C#N)c(-n4c5ccc(-c6cccc(C)c6)cc5c5cc(-c6cccc(C)c6)ccc54)c3)ccc2C#N)c1. The van der Waals surface area contributed by atoms with Crippen molar-refractivity contribution in [3.8, 4) is 79.1 Å². The molecule has 0 N–H and O–H groups in total. The predicted molar refractivity (Wildman–Crippen MR) is 291 cm³/mol. The second kappa shape index (κ2) is 16.8. The van der Waals surface area contributed by atoms with E-state index in [0.29, 0.717) is 11.1 Å². The summed E-state index contributed by atoms with van der Waals surface area (Å²) in [5.74, 6) is 0. The second-order valence-electron chi connectivity index (χ2n) is 18.8. The number of aromatic nitrogens is 2. The molecule has 0 atom stereocenters. The van der Waals surface area contributed by atoms with Crippen molar-refractivity contribution in [2.45, 2.75) is 27.7 Å². The number of hydrogen-bond acceptors (Lipinski definition) is 2. The fourth-order valence-electron chi connectivity index (χ4n) is 10.6. The van der Waals surface area contributed by atoms with Crippen LogP contribution in [0.25, 0.3) is 111 Å². The molecule has 70 heavy (non-hydrogen) atoms. The van der Waals surface area contributed by atoms with Crippen LogP contribution in [-0.4, -0.2) is 9.13 Å². The Kier molecular flexibility index (Phi) is 10.1. The molecule has 0 unspecified atom stereocenters. The maximum absolute atomic E-state index is 10.8. The van der Waals surface area contributed by atoms with Gasteiger partial charge in [0.15, 0.2) is 0 Å². The number of fused-ring (bicyclic) bond motifs is 6. The van der Waals surface area contributed by atoms with Gasteiger partial charge in [-0.15, -0.1) is 0 Å². The van der Waals surface area contributed by atoms with E-state index in [2.05, 4.69) is 231 Å². The maximum Gasteiger partial charge on any atom is 0.101 e. The van der Waals surface area contributed by atoms with Crippen LogP contribution in [0, 0.1) is 50.4 Å². The molecule has 2 heterocycles. The molecule has 12 aromatic rings. The monoisotopic (exact) mass is 894 g/mol. The summed E-state index contributed by atoms with van der Waals surface area (Å²) in [5, 5.41) is 26.1. The van der Waals surface area contributed by atoms with E-state index >= 15 is 0 Å². The lowest BCUT2D eigenvalue weighted by Crippen LogP contribution is -2.00. The average Bonchev–Trinajstić information content (AvgIpc) is 3.89. The zero-order valence-electron chi connectivity index (χ0n) is 39.4. The highest BCUT2D eigenvalue weighted by molar-refractivity contribution is 6.13. The Hall–Kier alpha value is -9.22. The van der Waals surface area contributed by atoms with Crippen LogP contribution in [0.3, 0.4) is 0 Å². The summed E-state index contributed by atoms with van der Waals surface area (Å²) >= 11 is 0. The van der Waals surface area contributed by atoms with E-state index < -0.39 is 0 Å². The van der Waals surface area contributed by atoms with Crippen LogP contribution >= 0.6 is 0 Å². The minimum Gasteiger partial charge on any atom is -0.308 e. The van der Waals surface area contributed by atoms with Crippen molar-refractivity contribution >= 4 is 43.6 Å². The van der Waals surface area contributed by atoms with Gasteiger partial charge < -0.3 is 9.13 Å². The standard InChI is InChI=1S/C66H46N4/c1-41-9-5-13-45(29-41)49-21-25-61-57(33-49)58-34-50(46-14-6-10-42(2)30-46)22-26-62(58)69(61)65-37-53(17-19-55(65)39-67)54-18-20-56(40-68)66(38-54)70-63-27-23-51(47-15-7-11-43(3)31-47)35-59(63)60-36-52(24-28-64(60)70)48-16-8-12-44(4)32-48/h5-38H,1-4H3. The van der Waals surface area contributed by atoms with Crippen molar-refractivity contribution in [1.29, 1.82) is 10.5 Å². The van der Waals surface area contributed by atoms with Crippen LogP contribution in [0.1, 0.15) is 33.4 Å². The van der Waals surface area contributed by atoms with Gasteiger partial charge in [0.05, 0.1) is 44.6 Å². The molecule has 12 rings (SSSR count). The Balaban J connectivity index is 1.05. The van der Waals surface area contributed by atoms with E-state index in [1.165, 1.54) is 22.3 Å². The van der Waals surface area contributed by atoms with E-state index in [0.717, 1.165) is 111 Å². The first kappa shape index (κ1) is 42.2. The maximum atomic E-state index is 10.8. The Labute approximate surface area is 407 Å². The van der Waals surface area contributed by atoms with Gasteiger partial charge >= 0.3 is 0 Å². The molecule has 0 saturated carbocycles. The number of benzene rings is 10. The molecule has 0 aliphatic heterocycles. The Morgan fingerprint density at radius 1 is 0.271 bits per heavy atom. The minimum atomic E-state index is 0.568. The minimum absolute atomic E-state index is 0.568. The molecule has 0 fully saturated rings.